The molecule has 0 aliphatic carbocycles. The summed E-state index contributed by atoms with van der Waals surface area (Å²) in [6, 6.07) is 32.1. The molecular formula is C46H44N2O3Pt. The molecule has 4 aromatic heterocycles. The van der Waals surface area contributed by atoms with Gasteiger partial charge in [0.1, 0.15) is 16.7 Å². The molecule has 4 heterocycles. The van der Waals surface area contributed by atoms with Gasteiger partial charge in [0.25, 0.3) is 0 Å². The summed E-state index contributed by atoms with van der Waals surface area (Å²) in [5.74, 6) is 0.905. The molecule has 0 spiro atoms. The van der Waals surface area contributed by atoms with Crippen LogP contribution in [0.4, 0.5) is 0 Å². The fourth-order valence-corrected chi connectivity index (χ4v) is 7.04. The Hall–Kier alpha value is -4.47. The molecule has 8 rings (SSSR count). The minimum Gasteiger partial charge on any atom is -0.472 e. The molecule has 0 amide bonds. The zero-order valence-corrected chi connectivity index (χ0v) is 33.8. The Morgan fingerprint density at radius 2 is 1.38 bits per heavy atom. The van der Waals surface area contributed by atoms with Crippen LogP contribution in [0.3, 0.4) is 0 Å². The van der Waals surface area contributed by atoms with Crippen molar-refractivity contribution >= 4 is 54.8 Å². The fourth-order valence-electron chi connectivity index (χ4n) is 7.04. The zero-order chi connectivity index (χ0) is 36.0. The van der Waals surface area contributed by atoms with E-state index in [4.69, 9.17) is 23.5 Å². The monoisotopic (exact) mass is 867 g/mol. The largest absolute Gasteiger partial charge is 2.00 e. The maximum Gasteiger partial charge on any atom is 2.00 e. The number of ether oxygens (including phenoxy) is 1. The summed E-state index contributed by atoms with van der Waals surface area (Å²) >= 11 is 0. The normalized spacial score (nSPS) is 12.7. The van der Waals surface area contributed by atoms with Crippen LogP contribution in [0.25, 0.3) is 66.0 Å². The zero-order valence-electron chi connectivity index (χ0n) is 31.6. The molecule has 0 unspecified atom stereocenters. The Bertz CT molecular complexity index is 2660. The number of pyridine rings is 2. The van der Waals surface area contributed by atoms with Crippen molar-refractivity contribution in [1.29, 1.82) is 0 Å². The van der Waals surface area contributed by atoms with Gasteiger partial charge in [0.2, 0.25) is 11.8 Å². The second-order valence-corrected chi connectivity index (χ2v) is 17.3. The van der Waals surface area contributed by atoms with E-state index in [0.29, 0.717) is 22.9 Å². The van der Waals surface area contributed by atoms with Gasteiger partial charge in [0.15, 0.2) is 0 Å². The van der Waals surface area contributed by atoms with Crippen molar-refractivity contribution in [2.24, 2.45) is 5.41 Å². The SMILES string of the molecule is Cc1cc(Oc2cc(C(C)(C)C)cc(-c3[c-]ccc(C(C)(C)C)c3)n2)nc2c1oc1cc(CC(C)(C)C)cc3oc4c5ccccc5[c-]c2c4c13.[Pt+2]. The van der Waals surface area contributed by atoms with E-state index in [2.05, 4.69) is 117 Å². The third-order valence-electron chi connectivity index (χ3n) is 9.64. The number of benzene rings is 4. The quantitative estimate of drug-likeness (QED) is 0.165. The topological polar surface area (TPSA) is 61.3 Å². The molecule has 0 N–H and O–H groups in total. The summed E-state index contributed by atoms with van der Waals surface area (Å²) in [7, 11) is 0. The Labute approximate surface area is 320 Å². The van der Waals surface area contributed by atoms with E-state index in [1.54, 1.807) is 0 Å². The van der Waals surface area contributed by atoms with Gasteiger partial charge in [0.05, 0.1) is 11.1 Å². The molecule has 5 nitrogen and oxygen atoms in total. The summed E-state index contributed by atoms with van der Waals surface area (Å²) in [4.78, 5) is 10.2. The minimum absolute atomic E-state index is 0. The smallest absolute Gasteiger partial charge is 0.472 e. The maximum atomic E-state index is 6.86. The minimum atomic E-state index is -0.141. The van der Waals surface area contributed by atoms with E-state index < -0.39 is 0 Å². The first-order valence-electron chi connectivity index (χ1n) is 17.8. The molecule has 0 fully saturated rings. The Morgan fingerprint density at radius 1 is 0.712 bits per heavy atom. The van der Waals surface area contributed by atoms with Crippen LogP contribution in [0.5, 0.6) is 11.8 Å². The Balaban J connectivity index is 0.00000420. The molecule has 0 aliphatic heterocycles. The first-order chi connectivity index (χ1) is 24.0. The molecular weight excluding hydrogens is 824 g/mol. The molecule has 0 atom stereocenters. The average Bonchev–Trinajstić information content (AvgIpc) is 3.37. The fraction of sp³-hybridized carbons (Fsp3) is 0.304. The van der Waals surface area contributed by atoms with Crippen LogP contribution in [-0.2, 0) is 38.3 Å². The predicted octanol–water partition coefficient (Wildman–Crippen LogP) is 13.0. The molecule has 0 aliphatic rings. The van der Waals surface area contributed by atoms with E-state index in [-0.39, 0.29) is 37.3 Å². The average molecular weight is 868 g/mol. The number of aromatic nitrogens is 2. The number of nitrogens with zero attached hydrogens (tertiary/aromatic N) is 2. The van der Waals surface area contributed by atoms with Gasteiger partial charge in [-0.1, -0.05) is 92.0 Å². The van der Waals surface area contributed by atoms with Crippen molar-refractivity contribution in [1.82, 2.24) is 9.97 Å². The third-order valence-corrected chi connectivity index (χ3v) is 9.64. The molecule has 6 heteroatoms. The predicted molar refractivity (Wildman–Crippen MR) is 209 cm³/mol. The van der Waals surface area contributed by atoms with Gasteiger partial charge >= 0.3 is 21.1 Å². The van der Waals surface area contributed by atoms with Gasteiger partial charge in [-0.15, -0.1) is 52.9 Å². The van der Waals surface area contributed by atoms with Gasteiger partial charge in [-0.05, 0) is 74.9 Å². The van der Waals surface area contributed by atoms with Crippen molar-refractivity contribution < 1.29 is 34.6 Å². The van der Waals surface area contributed by atoms with Gasteiger partial charge < -0.3 is 13.6 Å². The second kappa shape index (κ2) is 12.6. The number of furan rings is 1. The molecule has 0 saturated carbocycles. The van der Waals surface area contributed by atoms with Crippen molar-refractivity contribution in [3.8, 4) is 23.0 Å². The van der Waals surface area contributed by atoms with Crippen LogP contribution in [0.2, 0.25) is 0 Å². The second-order valence-electron chi connectivity index (χ2n) is 17.3. The number of rotatable bonds is 4. The van der Waals surface area contributed by atoms with E-state index in [0.717, 1.165) is 72.5 Å². The molecule has 0 bridgehead atoms. The van der Waals surface area contributed by atoms with E-state index >= 15 is 0 Å². The summed E-state index contributed by atoms with van der Waals surface area (Å²) in [5.41, 5.74) is 9.82. The molecule has 8 aromatic rings. The van der Waals surface area contributed by atoms with E-state index in [1.807, 2.05) is 37.3 Å². The van der Waals surface area contributed by atoms with Crippen LogP contribution in [0, 0.1) is 24.5 Å². The molecule has 52 heavy (non-hydrogen) atoms. The molecule has 0 saturated heterocycles. The van der Waals surface area contributed by atoms with Crippen LogP contribution in [-0.4, -0.2) is 9.97 Å². The van der Waals surface area contributed by atoms with Crippen molar-refractivity contribution in [2.45, 2.75) is 86.5 Å². The number of aryl methyl sites for hydroxylation is 1. The Morgan fingerprint density at radius 3 is 2.08 bits per heavy atom. The van der Waals surface area contributed by atoms with Gasteiger partial charge in [-0.3, -0.25) is 4.98 Å². The first-order valence-corrected chi connectivity index (χ1v) is 17.8. The molecule has 4 aromatic carbocycles. The summed E-state index contributed by atoms with van der Waals surface area (Å²) in [5, 5.41) is 4.68. The number of hydrogen-bond donors (Lipinski definition) is 0. The van der Waals surface area contributed by atoms with Crippen LogP contribution < -0.4 is 4.74 Å². The van der Waals surface area contributed by atoms with Gasteiger partial charge in [-0.2, -0.15) is 0 Å². The molecule has 0 radical (unpaired) electrons. The summed E-state index contributed by atoms with van der Waals surface area (Å²) < 4.78 is 20.2. The van der Waals surface area contributed by atoms with Crippen LogP contribution in [0.15, 0.2) is 81.6 Å². The first kappa shape index (κ1) is 35.9. The van der Waals surface area contributed by atoms with Crippen molar-refractivity contribution in [2.75, 3.05) is 0 Å². The van der Waals surface area contributed by atoms with Crippen molar-refractivity contribution in [3.63, 3.8) is 0 Å². The maximum absolute atomic E-state index is 6.86. The summed E-state index contributed by atoms with van der Waals surface area (Å²) in [6.07, 6.45) is 0.883. The van der Waals surface area contributed by atoms with Crippen LogP contribution in [0.1, 0.15) is 84.6 Å². The molecule has 266 valence electrons. The third kappa shape index (κ3) is 6.54. The number of fused-ring (bicyclic) bond motifs is 4. The van der Waals surface area contributed by atoms with Crippen molar-refractivity contribution in [3.05, 3.63) is 107 Å². The van der Waals surface area contributed by atoms with E-state index in [1.165, 1.54) is 11.1 Å². The van der Waals surface area contributed by atoms with Gasteiger partial charge in [0, 0.05) is 17.5 Å². The Kier molecular flexibility index (Phi) is 8.69. The number of hydrogen-bond acceptors (Lipinski definition) is 5. The van der Waals surface area contributed by atoms with Gasteiger partial charge in [-0.25, -0.2) is 4.98 Å². The van der Waals surface area contributed by atoms with E-state index in [9.17, 15) is 0 Å². The van der Waals surface area contributed by atoms with Crippen LogP contribution >= 0.6 is 0 Å². The summed E-state index contributed by atoms with van der Waals surface area (Å²) in [6.45, 7) is 22.0. The standard InChI is InChI=1S/C46H44N2O3.Pt/c1-26-18-37(51-38-24-31(46(8,9)10)23-34(47-38)29-15-13-16-30(21-29)45(5,6)7)48-41-33-22-28-14-11-12-17-32(28)43-39(33)40-35(49-42(26)41)19-27(20-36(40)50-43)25-44(2,3)4;/h11-14,16-21,23-24H,25H2,1-10H3;/q-2;+2.